The number of hydrogen-bond acceptors (Lipinski definition) is 6. The Hall–Kier alpha value is -4.04. The Kier molecular flexibility index (Phi) is 6.77. The highest BCUT2D eigenvalue weighted by Gasteiger charge is 2.31. The third-order valence-corrected chi connectivity index (χ3v) is 6.49. The molecule has 1 saturated heterocycles. The number of hydrogen-bond donors (Lipinski definition) is 3. The number of nitrogens with one attached hydrogen (secondary N) is 3. The van der Waals surface area contributed by atoms with Crippen LogP contribution in [-0.2, 0) is 11.3 Å². The first kappa shape index (κ1) is 23.7. The lowest BCUT2D eigenvalue weighted by Gasteiger charge is -2.23. The second-order valence-electron chi connectivity index (χ2n) is 9.00. The van der Waals surface area contributed by atoms with E-state index in [-0.39, 0.29) is 30.6 Å². The summed E-state index contributed by atoms with van der Waals surface area (Å²) in [6, 6.07) is 18.5. The van der Waals surface area contributed by atoms with Gasteiger partial charge >= 0.3 is 0 Å². The van der Waals surface area contributed by atoms with Crippen molar-refractivity contribution in [2.75, 3.05) is 26.8 Å². The van der Waals surface area contributed by atoms with E-state index in [0.717, 1.165) is 22.3 Å². The van der Waals surface area contributed by atoms with E-state index in [1.54, 1.807) is 7.11 Å². The van der Waals surface area contributed by atoms with Crippen LogP contribution < -0.4 is 30.2 Å². The molecular formula is C28H29N3O5. The van der Waals surface area contributed by atoms with Crippen LogP contribution in [-0.4, -0.2) is 50.8 Å². The first-order valence-electron chi connectivity index (χ1n) is 12.0. The third-order valence-electron chi connectivity index (χ3n) is 6.49. The van der Waals surface area contributed by atoms with E-state index in [2.05, 4.69) is 16.0 Å². The minimum absolute atomic E-state index is 0.112. The predicted octanol–water partition coefficient (Wildman–Crippen LogP) is 2.83. The molecule has 0 aromatic heterocycles. The zero-order chi connectivity index (χ0) is 25.1. The van der Waals surface area contributed by atoms with E-state index >= 15 is 0 Å². The molecule has 3 aromatic carbocycles. The van der Waals surface area contributed by atoms with Gasteiger partial charge in [0.15, 0.2) is 18.1 Å². The molecule has 1 fully saturated rings. The van der Waals surface area contributed by atoms with Crippen LogP contribution in [0.2, 0.25) is 0 Å². The molecule has 186 valence electrons. The Labute approximate surface area is 209 Å². The van der Waals surface area contributed by atoms with Crippen molar-refractivity contribution < 1.29 is 23.8 Å². The topological polar surface area (TPSA) is 97.9 Å². The molecule has 0 spiro atoms. The van der Waals surface area contributed by atoms with Crippen molar-refractivity contribution in [3.8, 4) is 28.4 Å². The fourth-order valence-electron chi connectivity index (χ4n) is 4.48. The molecule has 0 unspecified atom stereocenters. The molecule has 0 radical (unpaired) electrons. The smallest absolute Gasteiger partial charge is 0.258 e. The van der Waals surface area contributed by atoms with Crippen LogP contribution in [0.15, 0.2) is 60.7 Å². The standard InChI is InChI=1S/C28H29N3O5/c1-17-6-8-20-12-22(17)19-4-3-5-21(11-19)35-16-27(32)30-13-18-7-9-24(25(10-18)34-2)36-26-15-29-14-23(26)31-28(20)33/h3-12,23,26,29H,13-16H2,1-2H3,(H,30,32)(H,31,33)/t23-,26-/m0/s1. The number of rotatable bonds is 1. The SMILES string of the molecule is COc1cc2ccc1O[C@H]1CNC[C@@H]1NC(=O)c1ccc(C)c(c1)-c1cccc(c1)OCC(=O)NC2. The normalized spacial score (nSPS) is 19.8. The van der Waals surface area contributed by atoms with Crippen LogP contribution in [0.5, 0.6) is 17.2 Å². The van der Waals surface area contributed by atoms with Gasteiger partial charge < -0.3 is 30.2 Å². The minimum Gasteiger partial charge on any atom is -0.493 e. The van der Waals surface area contributed by atoms with E-state index in [4.69, 9.17) is 14.2 Å². The molecule has 6 rings (SSSR count). The van der Waals surface area contributed by atoms with Gasteiger partial charge in [0.2, 0.25) is 0 Å². The lowest BCUT2D eigenvalue weighted by Crippen LogP contribution is -2.45. The molecule has 3 aromatic rings. The number of ether oxygens (including phenoxy) is 3. The Morgan fingerprint density at radius 2 is 1.86 bits per heavy atom. The van der Waals surface area contributed by atoms with E-state index in [1.165, 1.54) is 0 Å². The zero-order valence-corrected chi connectivity index (χ0v) is 20.3. The summed E-state index contributed by atoms with van der Waals surface area (Å²) < 4.78 is 17.6. The molecule has 3 N–H and O–H groups in total. The van der Waals surface area contributed by atoms with Crippen molar-refractivity contribution in [3.63, 3.8) is 0 Å². The van der Waals surface area contributed by atoms with Crippen LogP contribution in [0.1, 0.15) is 21.5 Å². The summed E-state index contributed by atoms with van der Waals surface area (Å²) in [4.78, 5) is 25.7. The molecule has 2 atom stereocenters. The Morgan fingerprint density at radius 1 is 0.972 bits per heavy atom. The Balaban J connectivity index is 1.50. The quantitative estimate of drug-likeness (QED) is 0.489. The fraction of sp³-hybridized carbons (Fsp3) is 0.286. The molecule has 8 heteroatoms. The average Bonchev–Trinajstić information content (AvgIpc) is 3.32. The van der Waals surface area contributed by atoms with E-state index in [9.17, 15) is 9.59 Å². The van der Waals surface area contributed by atoms with E-state index < -0.39 is 0 Å². The third kappa shape index (κ3) is 5.13. The van der Waals surface area contributed by atoms with Crippen LogP contribution in [0.25, 0.3) is 11.1 Å². The van der Waals surface area contributed by atoms with Gasteiger partial charge in [0.25, 0.3) is 11.8 Å². The van der Waals surface area contributed by atoms with Crippen molar-refractivity contribution in [2.24, 2.45) is 0 Å². The maximum Gasteiger partial charge on any atom is 0.258 e. The molecule has 8 nitrogen and oxygen atoms in total. The lowest BCUT2D eigenvalue weighted by molar-refractivity contribution is -0.123. The van der Waals surface area contributed by atoms with Gasteiger partial charge in [0, 0.05) is 25.2 Å². The van der Waals surface area contributed by atoms with Crippen molar-refractivity contribution >= 4 is 11.8 Å². The molecule has 36 heavy (non-hydrogen) atoms. The van der Waals surface area contributed by atoms with E-state index in [0.29, 0.717) is 42.4 Å². The average molecular weight is 488 g/mol. The maximum atomic E-state index is 13.2. The van der Waals surface area contributed by atoms with Gasteiger partial charge in [-0.25, -0.2) is 0 Å². The van der Waals surface area contributed by atoms with Crippen LogP contribution in [0.4, 0.5) is 0 Å². The summed E-state index contributed by atoms with van der Waals surface area (Å²) >= 11 is 0. The van der Waals surface area contributed by atoms with Gasteiger partial charge in [-0.3, -0.25) is 9.59 Å². The second-order valence-corrected chi connectivity index (χ2v) is 9.00. The molecule has 2 amide bonds. The van der Waals surface area contributed by atoms with Crippen molar-refractivity contribution in [1.82, 2.24) is 16.0 Å². The summed E-state index contributed by atoms with van der Waals surface area (Å²) in [5.74, 6) is 1.32. The number of carbonyl (C=O) groups is 2. The maximum absolute atomic E-state index is 13.2. The number of methoxy groups -OCH3 is 1. The highest BCUT2D eigenvalue weighted by atomic mass is 16.5. The Morgan fingerprint density at radius 3 is 2.72 bits per heavy atom. The van der Waals surface area contributed by atoms with Gasteiger partial charge in [-0.1, -0.05) is 24.3 Å². The molecule has 0 saturated carbocycles. The van der Waals surface area contributed by atoms with Gasteiger partial charge in [-0.2, -0.15) is 0 Å². The monoisotopic (exact) mass is 487 g/mol. The van der Waals surface area contributed by atoms with Gasteiger partial charge in [-0.05, 0) is 65.6 Å². The van der Waals surface area contributed by atoms with Crippen molar-refractivity contribution in [1.29, 1.82) is 0 Å². The van der Waals surface area contributed by atoms with Crippen LogP contribution in [0, 0.1) is 6.92 Å². The van der Waals surface area contributed by atoms with Crippen molar-refractivity contribution in [3.05, 3.63) is 77.4 Å². The lowest BCUT2D eigenvalue weighted by atomic mass is 9.97. The van der Waals surface area contributed by atoms with E-state index in [1.807, 2.05) is 67.6 Å². The van der Waals surface area contributed by atoms with Gasteiger partial charge in [0.05, 0.1) is 13.2 Å². The summed E-state index contributed by atoms with van der Waals surface area (Å²) in [5, 5.41) is 9.31. The first-order chi connectivity index (χ1) is 17.5. The molecule has 3 heterocycles. The number of fused-ring (bicyclic) bond motifs is 7. The number of aryl methyl sites for hydroxylation is 1. The van der Waals surface area contributed by atoms with Crippen LogP contribution in [0.3, 0.4) is 0 Å². The molecular weight excluding hydrogens is 458 g/mol. The first-order valence-corrected chi connectivity index (χ1v) is 12.0. The number of carbonyl (C=O) groups excluding carboxylic acids is 2. The second kappa shape index (κ2) is 10.3. The summed E-state index contributed by atoms with van der Waals surface area (Å²) in [5.41, 5.74) is 4.29. The van der Waals surface area contributed by atoms with Gasteiger partial charge in [0.1, 0.15) is 11.9 Å². The van der Waals surface area contributed by atoms with Crippen LogP contribution >= 0.6 is 0 Å². The minimum atomic E-state index is -0.266. The predicted molar refractivity (Wildman–Crippen MR) is 135 cm³/mol. The zero-order valence-electron chi connectivity index (χ0n) is 20.3. The van der Waals surface area contributed by atoms with Gasteiger partial charge in [-0.15, -0.1) is 0 Å². The number of benzene rings is 3. The number of amides is 2. The summed E-state index contributed by atoms with van der Waals surface area (Å²) in [7, 11) is 1.58. The molecule has 3 aliphatic heterocycles. The highest BCUT2D eigenvalue weighted by molar-refractivity contribution is 5.96. The molecule has 0 aliphatic carbocycles. The van der Waals surface area contributed by atoms with Crippen molar-refractivity contribution in [2.45, 2.75) is 25.6 Å². The summed E-state index contributed by atoms with van der Waals surface area (Å²) in [6.45, 7) is 3.41. The molecule has 6 bridgehead atoms. The fourth-order valence-corrected chi connectivity index (χ4v) is 4.48. The molecule has 3 aliphatic rings. The largest absolute Gasteiger partial charge is 0.493 e. The highest BCUT2D eigenvalue weighted by Crippen LogP contribution is 2.31. The summed E-state index contributed by atoms with van der Waals surface area (Å²) in [6.07, 6.45) is -0.266. The Bertz CT molecular complexity index is 1290.